The van der Waals surface area contributed by atoms with E-state index in [0.29, 0.717) is 30.2 Å². The molecule has 0 heterocycles. The summed E-state index contributed by atoms with van der Waals surface area (Å²) in [7, 11) is 0. The molecule has 1 aliphatic carbocycles. The first kappa shape index (κ1) is 23.5. The van der Waals surface area contributed by atoms with Crippen LogP contribution in [0.1, 0.15) is 41.9 Å². The Hall–Kier alpha value is -2.20. The zero-order valence-corrected chi connectivity index (χ0v) is 18.8. The molecule has 1 saturated carbocycles. The molecular formula is C27H32ClNO2. The van der Waals surface area contributed by atoms with Crippen LogP contribution < -0.4 is 0 Å². The van der Waals surface area contributed by atoms with E-state index in [0.717, 1.165) is 31.6 Å². The van der Waals surface area contributed by atoms with Gasteiger partial charge in [0.05, 0.1) is 6.10 Å². The maximum absolute atomic E-state index is 12.9. The van der Waals surface area contributed by atoms with Crippen molar-refractivity contribution in [2.75, 3.05) is 13.1 Å². The third kappa shape index (κ3) is 6.64. The van der Waals surface area contributed by atoms with Crippen LogP contribution in [0.5, 0.6) is 0 Å². The zero-order chi connectivity index (χ0) is 22.2. The van der Waals surface area contributed by atoms with Crippen LogP contribution in [0.25, 0.3) is 0 Å². The van der Waals surface area contributed by atoms with Gasteiger partial charge in [-0.05, 0) is 54.0 Å². The molecule has 1 N–H and O–H groups in total. The van der Waals surface area contributed by atoms with E-state index in [1.807, 2.05) is 24.3 Å². The van der Waals surface area contributed by atoms with E-state index in [1.165, 1.54) is 11.1 Å². The topological polar surface area (TPSA) is 40.5 Å². The minimum atomic E-state index is -0.554. The number of carbonyl (C=O) groups excluding carboxylic acids is 1. The van der Waals surface area contributed by atoms with Gasteiger partial charge < -0.3 is 5.11 Å². The van der Waals surface area contributed by atoms with Crippen molar-refractivity contribution in [3.05, 3.63) is 95.6 Å². The van der Waals surface area contributed by atoms with Gasteiger partial charge in [0.15, 0.2) is 0 Å². The van der Waals surface area contributed by atoms with Gasteiger partial charge in [0.1, 0.15) is 5.78 Å². The van der Waals surface area contributed by atoms with Gasteiger partial charge in [-0.25, -0.2) is 0 Å². The molecule has 1 aliphatic rings. The van der Waals surface area contributed by atoms with Crippen molar-refractivity contribution in [2.24, 2.45) is 5.92 Å². The summed E-state index contributed by atoms with van der Waals surface area (Å²) in [5, 5.41) is 11.2. The number of Topliss-reactive ketones (excluding diaryl/α,β-unsaturated/α-hetero) is 1. The maximum atomic E-state index is 12.9. The molecule has 2 aromatic carbocycles. The van der Waals surface area contributed by atoms with Crippen molar-refractivity contribution >= 4 is 17.4 Å². The summed E-state index contributed by atoms with van der Waals surface area (Å²) in [6, 6.07) is 16.1. The predicted molar refractivity (Wildman–Crippen MR) is 128 cm³/mol. The first-order chi connectivity index (χ1) is 15.0. The Bertz CT molecular complexity index is 865. The minimum absolute atomic E-state index is 0.112. The number of nitrogens with zero attached hydrogens (tertiary/aromatic N) is 1. The lowest BCUT2D eigenvalue weighted by atomic mass is 9.74. The van der Waals surface area contributed by atoms with E-state index < -0.39 is 6.10 Å². The molecule has 0 aromatic heterocycles. The van der Waals surface area contributed by atoms with Gasteiger partial charge in [-0.15, -0.1) is 13.2 Å². The molecule has 3 atom stereocenters. The highest BCUT2D eigenvalue weighted by atomic mass is 35.5. The van der Waals surface area contributed by atoms with E-state index in [-0.39, 0.29) is 11.7 Å². The Morgan fingerprint density at radius 1 is 1.00 bits per heavy atom. The van der Waals surface area contributed by atoms with Gasteiger partial charge in [0, 0.05) is 37.0 Å². The molecule has 4 heteroatoms. The van der Waals surface area contributed by atoms with Gasteiger partial charge in [0.25, 0.3) is 0 Å². The smallest absolute Gasteiger partial charge is 0.142 e. The average Bonchev–Trinajstić information content (AvgIpc) is 2.76. The monoisotopic (exact) mass is 437 g/mol. The van der Waals surface area contributed by atoms with Crippen molar-refractivity contribution in [1.82, 2.24) is 4.90 Å². The highest BCUT2D eigenvalue weighted by molar-refractivity contribution is 6.30. The van der Waals surface area contributed by atoms with Crippen LogP contribution >= 0.6 is 11.6 Å². The van der Waals surface area contributed by atoms with Gasteiger partial charge in [-0.1, -0.05) is 60.2 Å². The van der Waals surface area contributed by atoms with Crippen LogP contribution in [0.4, 0.5) is 0 Å². The number of halogens is 1. The first-order valence-electron chi connectivity index (χ1n) is 11.0. The largest absolute Gasteiger partial charge is 0.392 e. The number of aliphatic hydroxyl groups is 1. The van der Waals surface area contributed by atoms with Gasteiger partial charge >= 0.3 is 0 Å². The van der Waals surface area contributed by atoms with E-state index in [1.54, 1.807) is 12.1 Å². The van der Waals surface area contributed by atoms with Crippen molar-refractivity contribution in [1.29, 1.82) is 0 Å². The molecule has 3 nitrogen and oxygen atoms in total. The summed E-state index contributed by atoms with van der Waals surface area (Å²) >= 11 is 5.94. The van der Waals surface area contributed by atoms with Crippen molar-refractivity contribution in [2.45, 2.75) is 44.2 Å². The third-order valence-electron chi connectivity index (χ3n) is 6.15. The molecule has 1 fully saturated rings. The standard InChI is InChI=1S/C27H32ClNO2/c1-3-15-29(16-4-2)19-21-5-9-22(10-6-21)23-11-14-26(30)25(18-23)27(31)17-20-7-12-24(28)13-8-20/h3-10,12-13,23,25-26,30H,1-2,11,14-19H2. The Morgan fingerprint density at radius 3 is 2.23 bits per heavy atom. The van der Waals surface area contributed by atoms with Crippen LogP contribution in [-0.4, -0.2) is 35.0 Å². The van der Waals surface area contributed by atoms with E-state index in [4.69, 9.17) is 11.6 Å². The molecule has 2 aromatic rings. The van der Waals surface area contributed by atoms with Crippen molar-refractivity contribution < 1.29 is 9.90 Å². The molecule has 164 valence electrons. The van der Waals surface area contributed by atoms with Crippen molar-refractivity contribution in [3.63, 3.8) is 0 Å². The van der Waals surface area contributed by atoms with E-state index in [2.05, 4.69) is 42.3 Å². The number of ketones is 1. The fourth-order valence-corrected chi connectivity index (χ4v) is 4.59. The summed E-state index contributed by atoms with van der Waals surface area (Å²) in [6.07, 6.45) is 5.87. The molecule has 3 unspecified atom stereocenters. The number of hydrogen-bond donors (Lipinski definition) is 1. The number of carbonyl (C=O) groups is 1. The second-order valence-electron chi connectivity index (χ2n) is 8.47. The summed E-state index contributed by atoms with van der Waals surface area (Å²) in [5.41, 5.74) is 3.44. The summed E-state index contributed by atoms with van der Waals surface area (Å²) in [4.78, 5) is 15.2. The summed E-state index contributed by atoms with van der Waals surface area (Å²) in [6.45, 7) is 10.2. The van der Waals surface area contributed by atoms with Crippen LogP contribution in [0.3, 0.4) is 0 Å². The fourth-order valence-electron chi connectivity index (χ4n) is 4.46. The van der Waals surface area contributed by atoms with Gasteiger partial charge in [-0.2, -0.15) is 0 Å². The van der Waals surface area contributed by atoms with Crippen LogP contribution in [0.2, 0.25) is 5.02 Å². The van der Waals surface area contributed by atoms with Crippen LogP contribution in [0, 0.1) is 5.92 Å². The van der Waals surface area contributed by atoms with E-state index in [9.17, 15) is 9.90 Å². The maximum Gasteiger partial charge on any atom is 0.142 e. The quantitative estimate of drug-likeness (QED) is 0.494. The minimum Gasteiger partial charge on any atom is -0.392 e. The van der Waals surface area contributed by atoms with Crippen LogP contribution in [0.15, 0.2) is 73.8 Å². The Kier molecular flexibility index (Phi) is 8.65. The Labute approximate surface area is 191 Å². The number of aliphatic hydroxyl groups excluding tert-OH is 1. The third-order valence-corrected chi connectivity index (χ3v) is 6.40. The lowest BCUT2D eigenvalue weighted by molar-refractivity contribution is -0.127. The molecule has 31 heavy (non-hydrogen) atoms. The summed E-state index contributed by atoms with van der Waals surface area (Å²) in [5.74, 6) is 0.0967. The highest BCUT2D eigenvalue weighted by Crippen LogP contribution is 2.37. The molecule has 3 rings (SSSR count). The molecule has 0 radical (unpaired) electrons. The highest BCUT2D eigenvalue weighted by Gasteiger charge is 2.34. The number of rotatable bonds is 10. The molecule has 0 aliphatic heterocycles. The average molecular weight is 438 g/mol. The lowest BCUT2D eigenvalue weighted by Gasteiger charge is -2.33. The second kappa shape index (κ2) is 11.4. The molecule has 0 saturated heterocycles. The molecular weight excluding hydrogens is 406 g/mol. The van der Waals surface area contributed by atoms with Gasteiger partial charge in [-0.3, -0.25) is 9.69 Å². The zero-order valence-electron chi connectivity index (χ0n) is 18.1. The Morgan fingerprint density at radius 2 is 1.61 bits per heavy atom. The van der Waals surface area contributed by atoms with Gasteiger partial charge in [0.2, 0.25) is 0 Å². The number of hydrogen-bond acceptors (Lipinski definition) is 3. The van der Waals surface area contributed by atoms with Crippen molar-refractivity contribution in [3.8, 4) is 0 Å². The molecule has 0 amide bonds. The molecule has 0 bridgehead atoms. The first-order valence-corrected chi connectivity index (χ1v) is 11.4. The second-order valence-corrected chi connectivity index (χ2v) is 8.90. The molecule has 0 spiro atoms. The van der Waals surface area contributed by atoms with E-state index >= 15 is 0 Å². The predicted octanol–water partition coefficient (Wildman–Crippen LogP) is 5.57. The Balaban J connectivity index is 1.63. The summed E-state index contributed by atoms with van der Waals surface area (Å²) < 4.78 is 0. The SMILES string of the molecule is C=CCN(CC=C)Cc1ccc(C2CCC(O)C(C(=O)Cc3ccc(Cl)cc3)C2)cc1. The fraction of sp³-hybridized carbons (Fsp3) is 0.370. The lowest BCUT2D eigenvalue weighted by Crippen LogP contribution is -2.35. The number of benzene rings is 2. The van der Waals surface area contributed by atoms with Crippen LogP contribution in [-0.2, 0) is 17.8 Å². The normalized spacial score (nSPS) is 21.1.